The molecule has 0 aromatic carbocycles. The highest BCUT2D eigenvalue weighted by molar-refractivity contribution is 7.80. The van der Waals surface area contributed by atoms with Crippen molar-refractivity contribution in [1.82, 2.24) is 16.0 Å². The van der Waals surface area contributed by atoms with E-state index in [1.54, 1.807) is 0 Å². The maximum atomic E-state index is 11.4. The molecule has 0 aromatic rings. The molecule has 0 spiro atoms. The van der Waals surface area contributed by atoms with Crippen LogP contribution in [-0.2, 0) is 14.4 Å². The fourth-order valence-corrected chi connectivity index (χ4v) is 1.30. The van der Waals surface area contributed by atoms with Crippen LogP contribution in [0, 0.1) is 12.3 Å². The van der Waals surface area contributed by atoms with Crippen molar-refractivity contribution >= 4 is 30.4 Å². The molecule has 0 rings (SSSR count). The molecular formula is C11H18N4O3S. The zero-order valence-electron chi connectivity index (χ0n) is 10.4. The van der Waals surface area contributed by atoms with Crippen molar-refractivity contribution in [2.45, 2.75) is 12.5 Å². The third-order valence-corrected chi connectivity index (χ3v) is 2.29. The van der Waals surface area contributed by atoms with Crippen LogP contribution in [0.5, 0.6) is 0 Å². The molecule has 0 saturated heterocycles. The van der Waals surface area contributed by atoms with Crippen LogP contribution in [0.4, 0.5) is 0 Å². The summed E-state index contributed by atoms with van der Waals surface area (Å²) in [6, 6.07) is -0.691. The summed E-state index contributed by atoms with van der Waals surface area (Å²) in [5, 5.41) is 7.07. The number of rotatable bonds is 8. The second-order valence-electron chi connectivity index (χ2n) is 3.59. The number of amides is 3. The lowest BCUT2D eigenvalue weighted by Crippen LogP contribution is -2.46. The molecule has 0 aliphatic heterocycles. The molecule has 0 bridgehead atoms. The van der Waals surface area contributed by atoms with E-state index in [2.05, 4.69) is 34.5 Å². The number of nitrogens with two attached hydrogens (primary N) is 1. The summed E-state index contributed by atoms with van der Waals surface area (Å²) in [5.74, 6) is 1.40. The van der Waals surface area contributed by atoms with Crippen LogP contribution in [0.1, 0.15) is 6.42 Å². The molecule has 1 atom stereocenters. The summed E-state index contributed by atoms with van der Waals surface area (Å²) in [6.45, 7) is -0.329. The zero-order valence-corrected chi connectivity index (χ0v) is 11.3. The fraction of sp³-hybridized carbons (Fsp3) is 0.545. The number of terminal acetylenes is 1. The lowest BCUT2D eigenvalue weighted by molar-refractivity contribution is -0.128. The normalized spacial score (nSPS) is 11.0. The van der Waals surface area contributed by atoms with Gasteiger partial charge in [0.2, 0.25) is 17.7 Å². The highest BCUT2D eigenvalue weighted by Gasteiger charge is 2.13. The average molecular weight is 286 g/mol. The molecule has 7 nitrogen and oxygen atoms in total. The first-order chi connectivity index (χ1) is 9.01. The minimum Gasteiger partial charge on any atom is -0.346 e. The van der Waals surface area contributed by atoms with Crippen molar-refractivity contribution in [2.75, 3.05) is 25.4 Å². The highest BCUT2D eigenvalue weighted by Crippen LogP contribution is 1.90. The number of hydrogen-bond acceptors (Lipinski definition) is 5. The van der Waals surface area contributed by atoms with E-state index in [0.717, 1.165) is 0 Å². The summed E-state index contributed by atoms with van der Waals surface area (Å²) in [5.41, 5.74) is 5.52. The fourth-order valence-electron chi connectivity index (χ4n) is 1.02. The van der Waals surface area contributed by atoms with Crippen LogP contribution >= 0.6 is 12.6 Å². The Kier molecular flexibility index (Phi) is 9.30. The van der Waals surface area contributed by atoms with Crippen molar-refractivity contribution < 1.29 is 14.4 Å². The molecule has 3 amide bonds. The molecule has 0 fully saturated rings. The van der Waals surface area contributed by atoms with E-state index >= 15 is 0 Å². The Hall–Kier alpha value is -1.72. The summed E-state index contributed by atoms with van der Waals surface area (Å²) >= 11 is 3.95. The minimum atomic E-state index is -0.691. The van der Waals surface area contributed by atoms with Crippen molar-refractivity contribution in [3.8, 4) is 12.3 Å². The van der Waals surface area contributed by atoms with E-state index in [9.17, 15) is 14.4 Å². The van der Waals surface area contributed by atoms with Crippen LogP contribution in [0.2, 0.25) is 0 Å². The summed E-state index contributed by atoms with van der Waals surface area (Å²) in [6.07, 6.45) is 5.37. The van der Waals surface area contributed by atoms with Gasteiger partial charge in [-0.05, 0) is 12.2 Å². The van der Waals surface area contributed by atoms with Crippen molar-refractivity contribution in [2.24, 2.45) is 5.73 Å². The molecule has 0 unspecified atom stereocenters. The van der Waals surface area contributed by atoms with Crippen molar-refractivity contribution in [3.05, 3.63) is 0 Å². The second-order valence-corrected chi connectivity index (χ2v) is 4.04. The minimum absolute atomic E-state index is 0.101. The van der Waals surface area contributed by atoms with Gasteiger partial charge < -0.3 is 21.7 Å². The molecule has 5 N–H and O–H groups in total. The van der Waals surface area contributed by atoms with Crippen LogP contribution in [-0.4, -0.2) is 49.2 Å². The molecule has 0 heterocycles. The molecular weight excluding hydrogens is 268 g/mol. The first kappa shape index (κ1) is 17.3. The molecule has 0 saturated carbocycles. The lowest BCUT2D eigenvalue weighted by atomic mass is 10.2. The van der Waals surface area contributed by atoms with E-state index in [4.69, 9.17) is 12.2 Å². The Morgan fingerprint density at radius 1 is 1.16 bits per heavy atom. The predicted octanol–water partition coefficient (Wildman–Crippen LogP) is -2.38. The highest BCUT2D eigenvalue weighted by atomic mass is 32.1. The first-order valence-electron chi connectivity index (χ1n) is 5.62. The van der Waals surface area contributed by atoms with Gasteiger partial charge in [-0.3, -0.25) is 14.4 Å². The van der Waals surface area contributed by atoms with E-state index in [1.165, 1.54) is 0 Å². The maximum Gasteiger partial charge on any atom is 0.240 e. The van der Waals surface area contributed by atoms with Gasteiger partial charge in [0, 0.05) is 0 Å². The van der Waals surface area contributed by atoms with Crippen LogP contribution in [0.3, 0.4) is 0 Å². The monoisotopic (exact) mass is 286 g/mol. The summed E-state index contributed by atoms with van der Waals surface area (Å²) in [7, 11) is 0. The summed E-state index contributed by atoms with van der Waals surface area (Å²) in [4.78, 5) is 33.8. The Morgan fingerprint density at radius 2 is 1.74 bits per heavy atom. The quantitative estimate of drug-likeness (QED) is 0.253. The lowest BCUT2D eigenvalue weighted by Gasteiger charge is -2.11. The third-order valence-electron chi connectivity index (χ3n) is 2.03. The van der Waals surface area contributed by atoms with Crippen LogP contribution in [0.15, 0.2) is 0 Å². The molecule has 0 aliphatic carbocycles. The smallest absolute Gasteiger partial charge is 0.240 e. The Labute approximate surface area is 117 Å². The summed E-state index contributed by atoms with van der Waals surface area (Å²) < 4.78 is 0. The molecule has 106 valence electrons. The largest absolute Gasteiger partial charge is 0.346 e. The SMILES string of the molecule is C#CCNC(=O)CNC(=O)CNC(=O)[C@@H](N)CCS. The van der Waals surface area contributed by atoms with Gasteiger partial charge in [-0.25, -0.2) is 0 Å². The Balaban J connectivity index is 3.79. The van der Waals surface area contributed by atoms with Gasteiger partial charge >= 0.3 is 0 Å². The van der Waals surface area contributed by atoms with Crippen molar-refractivity contribution in [3.63, 3.8) is 0 Å². The number of hydrogen-bond donors (Lipinski definition) is 5. The van der Waals surface area contributed by atoms with Crippen LogP contribution in [0.25, 0.3) is 0 Å². The molecule has 0 radical (unpaired) electrons. The third kappa shape index (κ3) is 8.93. The van der Waals surface area contributed by atoms with Gasteiger partial charge in [0.1, 0.15) is 0 Å². The van der Waals surface area contributed by atoms with E-state index < -0.39 is 23.8 Å². The second kappa shape index (κ2) is 10.2. The first-order valence-corrected chi connectivity index (χ1v) is 6.25. The molecule has 8 heteroatoms. The maximum absolute atomic E-state index is 11.4. The van der Waals surface area contributed by atoms with Gasteiger partial charge in [-0.15, -0.1) is 6.42 Å². The van der Waals surface area contributed by atoms with Gasteiger partial charge in [0.05, 0.1) is 25.7 Å². The molecule has 0 aromatic heterocycles. The van der Waals surface area contributed by atoms with Crippen LogP contribution < -0.4 is 21.7 Å². The van der Waals surface area contributed by atoms with E-state index in [-0.39, 0.29) is 19.6 Å². The topological polar surface area (TPSA) is 113 Å². The number of carbonyl (C=O) groups excluding carboxylic acids is 3. The molecule has 0 aliphatic rings. The Bertz CT molecular complexity index is 367. The van der Waals surface area contributed by atoms with Gasteiger partial charge in [-0.1, -0.05) is 5.92 Å². The Morgan fingerprint density at radius 3 is 2.32 bits per heavy atom. The van der Waals surface area contributed by atoms with Gasteiger partial charge in [0.15, 0.2) is 0 Å². The number of thiol groups is 1. The molecule has 19 heavy (non-hydrogen) atoms. The van der Waals surface area contributed by atoms with Crippen molar-refractivity contribution in [1.29, 1.82) is 0 Å². The van der Waals surface area contributed by atoms with E-state index in [0.29, 0.717) is 12.2 Å². The number of carbonyl (C=O) groups is 3. The predicted molar refractivity (Wildman–Crippen MR) is 74.3 cm³/mol. The zero-order chi connectivity index (χ0) is 14.7. The average Bonchev–Trinajstić information content (AvgIpc) is 2.40. The number of nitrogens with one attached hydrogen (secondary N) is 3. The van der Waals surface area contributed by atoms with Gasteiger partial charge in [0.25, 0.3) is 0 Å². The van der Waals surface area contributed by atoms with E-state index in [1.807, 2.05) is 0 Å². The van der Waals surface area contributed by atoms with Gasteiger partial charge in [-0.2, -0.15) is 12.6 Å². The standard InChI is InChI=1S/C11H18N4O3S/c1-2-4-13-9(16)6-14-10(17)7-15-11(18)8(12)3-5-19/h1,8,19H,3-7,12H2,(H,13,16)(H,14,17)(H,15,18)/t8-/m0/s1.